The summed E-state index contributed by atoms with van der Waals surface area (Å²) in [4.78, 5) is 47.1. The van der Waals surface area contributed by atoms with Crippen molar-refractivity contribution in [3.8, 4) is 0 Å². The number of hydrogen-bond acceptors (Lipinski definition) is 6. The monoisotopic (exact) mass is 646 g/mol. The van der Waals surface area contributed by atoms with Crippen LogP contribution in [0.15, 0.2) is 48.6 Å². The van der Waals surface area contributed by atoms with Crippen LogP contribution in [-0.2, 0) is 23.9 Å². The van der Waals surface area contributed by atoms with E-state index in [1.54, 1.807) is 0 Å². The van der Waals surface area contributed by atoms with Gasteiger partial charge in [0.2, 0.25) is 11.8 Å². The van der Waals surface area contributed by atoms with E-state index in [-0.39, 0.29) is 30.9 Å². The Kier molecular flexibility index (Phi) is 29.6. The van der Waals surface area contributed by atoms with Crippen LogP contribution in [0.25, 0.3) is 0 Å². The number of amides is 2. The zero-order valence-corrected chi connectivity index (χ0v) is 28.6. The van der Waals surface area contributed by atoms with Gasteiger partial charge in [0.25, 0.3) is 0 Å². The maximum atomic E-state index is 12.5. The normalized spacial score (nSPS) is 13.1. The van der Waals surface area contributed by atoms with Gasteiger partial charge >= 0.3 is 11.9 Å². The Labute approximate surface area is 278 Å². The van der Waals surface area contributed by atoms with E-state index in [1.165, 1.54) is 12.8 Å². The summed E-state index contributed by atoms with van der Waals surface area (Å²) in [6.07, 6.45) is 34.7. The molecule has 9 heteroatoms. The summed E-state index contributed by atoms with van der Waals surface area (Å²) in [6, 6.07) is -1.39. The number of carbonyl (C=O) groups excluding carboxylic acids is 3. The molecule has 2 amide bonds. The highest BCUT2D eigenvalue weighted by molar-refractivity contribution is 5.87. The van der Waals surface area contributed by atoms with E-state index in [0.29, 0.717) is 12.8 Å². The highest BCUT2D eigenvalue weighted by Crippen LogP contribution is 2.14. The number of carbonyl (C=O) groups is 4. The topological polar surface area (TPSA) is 142 Å². The first-order valence-electron chi connectivity index (χ1n) is 17.5. The first kappa shape index (κ1) is 42.8. The summed E-state index contributed by atoms with van der Waals surface area (Å²) < 4.78 is 5.80. The van der Waals surface area contributed by atoms with E-state index in [9.17, 15) is 19.2 Å². The lowest BCUT2D eigenvalue weighted by molar-refractivity contribution is -0.147. The van der Waals surface area contributed by atoms with Crippen molar-refractivity contribution in [2.45, 2.75) is 148 Å². The SMILES string of the molecule is CC/C=C\C/C=C\C/C=C\CCCCCCCC(=O)OC(/C=C\CCCC)CCCCCCC(=O)NCC(=O)NC(CO)C(=O)O. The zero-order chi connectivity index (χ0) is 34.1. The number of aliphatic hydroxyl groups is 1. The second-order valence-corrected chi connectivity index (χ2v) is 11.6. The van der Waals surface area contributed by atoms with E-state index >= 15 is 0 Å². The number of nitrogens with one attached hydrogen (secondary N) is 2. The predicted octanol–water partition coefficient (Wildman–Crippen LogP) is 7.25. The number of ether oxygens (including phenoxy) is 1. The molecular formula is C37H62N2O7. The lowest BCUT2D eigenvalue weighted by Gasteiger charge is -2.15. The number of unbranched alkanes of at least 4 members (excludes halogenated alkanes) is 10. The van der Waals surface area contributed by atoms with Gasteiger partial charge in [-0.3, -0.25) is 14.4 Å². The molecule has 9 nitrogen and oxygen atoms in total. The maximum absolute atomic E-state index is 12.5. The van der Waals surface area contributed by atoms with Crippen molar-refractivity contribution >= 4 is 23.8 Å². The van der Waals surface area contributed by atoms with Crippen molar-refractivity contribution in [2.75, 3.05) is 13.2 Å². The van der Waals surface area contributed by atoms with Gasteiger partial charge in [-0.15, -0.1) is 0 Å². The van der Waals surface area contributed by atoms with E-state index in [0.717, 1.165) is 89.9 Å². The Morgan fingerprint density at radius 1 is 0.696 bits per heavy atom. The second kappa shape index (κ2) is 31.8. The number of aliphatic carboxylic acids is 1. The number of carboxylic acid groups (broad SMARTS) is 1. The van der Waals surface area contributed by atoms with Gasteiger partial charge in [0, 0.05) is 12.8 Å². The fraction of sp³-hybridized carbons (Fsp3) is 0.676. The van der Waals surface area contributed by atoms with Gasteiger partial charge in [0.05, 0.1) is 13.2 Å². The molecule has 0 fully saturated rings. The smallest absolute Gasteiger partial charge is 0.328 e. The summed E-state index contributed by atoms with van der Waals surface area (Å²) >= 11 is 0. The molecule has 0 aliphatic carbocycles. The standard InChI is InChI=1S/C37H62N2O7/c1-3-5-7-9-10-11-12-13-14-15-16-17-18-19-25-29-36(43)46-32(26-22-8-6-4-2)27-23-20-21-24-28-34(41)38-30-35(42)39-33(31-40)37(44)45/h5,7,10-11,13-14,22,26,32-33,40H,3-4,6,8-9,12,15-21,23-25,27-31H2,1-2H3,(H,38,41)(H,39,42)(H,44,45)/b7-5-,11-10-,14-13-,26-22-. The van der Waals surface area contributed by atoms with E-state index in [4.69, 9.17) is 14.9 Å². The van der Waals surface area contributed by atoms with Gasteiger partial charge in [0.15, 0.2) is 0 Å². The van der Waals surface area contributed by atoms with Gasteiger partial charge in [0.1, 0.15) is 12.1 Å². The lowest BCUT2D eigenvalue weighted by atomic mass is 10.1. The first-order chi connectivity index (χ1) is 22.3. The van der Waals surface area contributed by atoms with Crippen molar-refractivity contribution in [2.24, 2.45) is 0 Å². The van der Waals surface area contributed by atoms with Crippen molar-refractivity contribution < 1.29 is 34.1 Å². The summed E-state index contributed by atoms with van der Waals surface area (Å²) in [7, 11) is 0. The fourth-order valence-corrected chi connectivity index (χ4v) is 4.56. The Morgan fingerprint density at radius 2 is 1.30 bits per heavy atom. The third-order valence-corrected chi connectivity index (χ3v) is 7.29. The quantitative estimate of drug-likeness (QED) is 0.0366. The third kappa shape index (κ3) is 28.3. The molecule has 0 spiro atoms. The highest BCUT2D eigenvalue weighted by atomic mass is 16.5. The molecule has 46 heavy (non-hydrogen) atoms. The summed E-state index contributed by atoms with van der Waals surface area (Å²) in [6.45, 7) is 3.23. The van der Waals surface area contributed by atoms with E-state index in [1.807, 2.05) is 6.08 Å². The Hall–Kier alpha value is -3.20. The lowest BCUT2D eigenvalue weighted by Crippen LogP contribution is -2.47. The molecule has 0 aromatic carbocycles. The predicted molar refractivity (Wildman–Crippen MR) is 185 cm³/mol. The third-order valence-electron chi connectivity index (χ3n) is 7.29. The van der Waals surface area contributed by atoms with Crippen LogP contribution in [0.2, 0.25) is 0 Å². The van der Waals surface area contributed by atoms with Gasteiger partial charge in [-0.05, 0) is 70.3 Å². The Balaban J connectivity index is 4.13. The number of carboxylic acids is 1. The molecule has 0 bridgehead atoms. The summed E-state index contributed by atoms with van der Waals surface area (Å²) in [5.74, 6) is -2.44. The number of hydrogen-bond donors (Lipinski definition) is 4. The molecule has 0 saturated carbocycles. The minimum absolute atomic E-state index is 0.138. The molecular weight excluding hydrogens is 584 g/mol. The van der Waals surface area contributed by atoms with Crippen molar-refractivity contribution in [3.05, 3.63) is 48.6 Å². The van der Waals surface area contributed by atoms with E-state index < -0.39 is 24.5 Å². The molecule has 262 valence electrons. The highest BCUT2D eigenvalue weighted by Gasteiger charge is 2.18. The summed E-state index contributed by atoms with van der Waals surface area (Å²) in [5, 5.41) is 22.4. The van der Waals surface area contributed by atoms with Gasteiger partial charge < -0.3 is 25.6 Å². The second-order valence-electron chi connectivity index (χ2n) is 11.6. The van der Waals surface area contributed by atoms with Crippen molar-refractivity contribution in [1.82, 2.24) is 10.6 Å². The van der Waals surface area contributed by atoms with Gasteiger partial charge in [-0.25, -0.2) is 4.79 Å². The molecule has 0 saturated heterocycles. The fourth-order valence-electron chi connectivity index (χ4n) is 4.56. The zero-order valence-electron chi connectivity index (χ0n) is 28.6. The maximum Gasteiger partial charge on any atom is 0.328 e. The Morgan fingerprint density at radius 3 is 1.98 bits per heavy atom. The summed E-state index contributed by atoms with van der Waals surface area (Å²) in [5.41, 5.74) is 0. The van der Waals surface area contributed by atoms with Crippen LogP contribution in [-0.4, -0.2) is 59.3 Å². The first-order valence-corrected chi connectivity index (χ1v) is 17.5. The van der Waals surface area contributed by atoms with Crippen LogP contribution in [0.4, 0.5) is 0 Å². The van der Waals surface area contributed by atoms with Crippen molar-refractivity contribution in [3.63, 3.8) is 0 Å². The average Bonchev–Trinajstić information content (AvgIpc) is 3.03. The average molecular weight is 647 g/mol. The molecule has 4 N–H and O–H groups in total. The molecule has 0 aliphatic rings. The molecule has 0 aromatic rings. The van der Waals surface area contributed by atoms with Gasteiger partial charge in [-0.1, -0.05) is 101 Å². The number of aliphatic hydroxyl groups excluding tert-OH is 1. The number of rotatable bonds is 30. The largest absolute Gasteiger partial charge is 0.480 e. The molecule has 0 aliphatic heterocycles. The van der Waals surface area contributed by atoms with E-state index in [2.05, 4.69) is 67.0 Å². The van der Waals surface area contributed by atoms with Gasteiger partial charge in [-0.2, -0.15) is 0 Å². The molecule has 0 rings (SSSR count). The van der Waals surface area contributed by atoms with Crippen LogP contribution >= 0.6 is 0 Å². The van der Waals surface area contributed by atoms with Crippen LogP contribution in [0.1, 0.15) is 136 Å². The Bertz CT molecular complexity index is 927. The number of esters is 1. The van der Waals surface area contributed by atoms with Crippen LogP contribution in [0, 0.1) is 0 Å². The van der Waals surface area contributed by atoms with Crippen LogP contribution < -0.4 is 10.6 Å². The molecule has 2 atom stereocenters. The van der Waals surface area contributed by atoms with Crippen LogP contribution in [0.5, 0.6) is 0 Å². The minimum Gasteiger partial charge on any atom is -0.480 e. The van der Waals surface area contributed by atoms with Crippen molar-refractivity contribution in [1.29, 1.82) is 0 Å². The van der Waals surface area contributed by atoms with Crippen LogP contribution in [0.3, 0.4) is 0 Å². The number of allylic oxidation sites excluding steroid dienone is 7. The molecule has 0 aromatic heterocycles. The minimum atomic E-state index is -1.39. The molecule has 0 heterocycles. The molecule has 2 unspecified atom stereocenters. The molecule has 0 radical (unpaired) electrons.